The van der Waals surface area contributed by atoms with E-state index in [1.807, 2.05) is 24.5 Å². The standard InChI is InChI=1S/C23H22N2O5/c1-27-18-11-14(12-19(28-2)22(18)29-3)20-15(13-24)23(25-9-4-5-10-25)30-17-8-6-7-16(26)21(17)20/h4-5,9-12,20H,6-8H2,1-3H3/t20-/m1/s1. The van der Waals surface area contributed by atoms with E-state index in [0.717, 1.165) is 6.42 Å². The largest absolute Gasteiger partial charge is 0.493 e. The van der Waals surface area contributed by atoms with Crippen LogP contribution in [0.15, 0.2) is 53.6 Å². The fraction of sp³-hybridized carbons (Fsp3) is 0.304. The lowest BCUT2D eigenvalue weighted by atomic mass is 9.77. The van der Waals surface area contributed by atoms with Crippen molar-refractivity contribution in [1.29, 1.82) is 5.26 Å². The highest BCUT2D eigenvalue weighted by atomic mass is 16.5. The summed E-state index contributed by atoms with van der Waals surface area (Å²) in [7, 11) is 4.60. The minimum absolute atomic E-state index is 0.00527. The summed E-state index contributed by atoms with van der Waals surface area (Å²) in [5.41, 5.74) is 1.59. The van der Waals surface area contributed by atoms with Gasteiger partial charge in [0, 0.05) is 30.8 Å². The average molecular weight is 406 g/mol. The Hall–Kier alpha value is -3.66. The van der Waals surface area contributed by atoms with Gasteiger partial charge in [-0.3, -0.25) is 9.36 Å². The number of carbonyl (C=O) groups excluding carboxylic acids is 1. The summed E-state index contributed by atoms with van der Waals surface area (Å²) in [6.45, 7) is 0. The molecule has 1 atom stereocenters. The van der Waals surface area contributed by atoms with Gasteiger partial charge >= 0.3 is 0 Å². The molecule has 0 unspecified atom stereocenters. The SMILES string of the molecule is COc1cc([C@@H]2C(C#N)=C(n3cccc3)OC3=C2C(=O)CCC3)cc(OC)c1OC. The summed E-state index contributed by atoms with van der Waals surface area (Å²) in [6, 6.07) is 9.57. The molecule has 2 heterocycles. The molecule has 0 saturated heterocycles. The van der Waals surface area contributed by atoms with Crippen molar-refractivity contribution in [2.24, 2.45) is 0 Å². The molecule has 0 spiro atoms. The lowest BCUT2D eigenvalue weighted by Gasteiger charge is -2.32. The van der Waals surface area contributed by atoms with Crippen molar-refractivity contribution in [3.05, 3.63) is 59.1 Å². The van der Waals surface area contributed by atoms with Crippen molar-refractivity contribution in [3.8, 4) is 23.3 Å². The molecule has 1 aromatic heterocycles. The summed E-state index contributed by atoms with van der Waals surface area (Å²) >= 11 is 0. The quantitative estimate of drug-likeness (QED) is 0.746. The molecule has 0 radical (unpaired) electrons. The Balaban J connectivity index is 1.98. The van der Waals surface area contributed by atoms with E-state index in [0.29, 0.717) is 58.4 Å². The van der Waals surface area contributed by atoms with Crippen LogP contribution in [-0.2, 0) is 9.53 Å². The maximum absolute atomic E-state index is 12.9. The lowest BCUT2D eigenvalue weighted by molar-refractivity contribution is -0.116. The third-order valence-electron chi connectivity index (χ3n) is 5.42. The zero-order valence-corrected chi connectivity index (χ0v) is 17.1. The van der Waals surface area contributed by atoms with E-state index < -0.39 is 5.92 Å². The number of nitriles is 1. The van der Waals surface area contributed by atoms with Gasteiger partial charge in [0.15, 0.2) is 17.3 Å². The molecule has 7 nitrogen and oxygen atoms in total. The lowest BCUT2D eigenvalue weighted by Crippen LogP contribution is -2.26. The number of nitrogens with zero attached hydrogens (tertiary/aromatic N) is 2. The van der Waals surface area contributed by atoms with E-state index in [-0.39, 0.29) is 5.78 Å². The number of methoxy groups -OCH3 is 3. The van der Waals surface area contributed by atoms with Crippen molar-refractivity contribution in [3.63, 3.8) is 0 Å². The molecular weight excluding hydrogens is 384 g/mol. The van der Waals surface area contributed by atoms with Crippen LogP contribution >= 0.6 is 0 Å². The summed E-state index contributed by atoms with van der Waals surface area (Å²) in [5, 5.41) is 10.1. The Morgan fingerprint density at radius 3 is 2.30 bits per heavy atom. The molecule has 1 aliphatic carbocycles. The van der Waals surface area contributed by atoms with Crippen LogP contribution in [0, 0.1) is 11.3 Å². The highest BCUT2D eigenvalue weighted by molar-refractivity contribution is 6.00. The minimum atomic E-state index is -0.586. The third kappa shape index (κ3) is 3.11. The number of rotatable bonds is 5. The van der Waals surface area contributed by atoms with Crippen molar-refractivity contribution in [2.75, 3.05) is 21.3 Å². The number of hydrogen-bond donors (Lipinski definition) is 0. The van der Waals surface area contributed by atoms with Gasteiger partial charge in [-0.25, -0.2) is 0 Å². The molecule has 1 aromatic carbocycles. The van der Waals surface area contributed by atoms with Gasteiger partial charge in [-0.1, -0.05) is 0 Å². The van der Waals surface area contributed by atoms with E-state index >= 15 is 0 Å². The molecule has 1 aliphatic heterocycles. The second kappa shape index (κ2) is 7.99. The number of benzene rings is 1. The Morgan fingerprint density at radius 2 is 1.73 bits per heavy atom. The fourth-order valence-corrected chi connectivity index (χ4v) is 4.08. The molecule has 2 aliphatic rings. The van der Waals surface area contributed by atoms with Gasteiger partial charge < -0.3 is 18.9 Å². The van der Waals surface area contributed by atoms with Crippen LogP contribution in [0.5, 0.6) is 17.2 Å². The molecular formula is C23H22N2O5. The van der Waals surface area contributed by atoms with E-state index in [4.69, 9.17) is 18.9 Å². The van der Waals surface area contributed by atoms with Crippen LogP contribution < -0.4 is 14.2 Å². The highest BCUT2D eigenvalue weighted by Gasteiger charge is 2.39. The Bertz CT molecular complexity index is 1060. The maximum atomic E-state index is 12.9. The molecule has 0 saturated carbocycles. The number of Topliss-reactive ketones (excluding diaryl/α,β-unsaturated/α-hetero) is 1. The Kier molecular flexibility index (Phi) is 5.23. The Morgan fingerprint density at radius 1 is 1.07 bits per heavy atom. The van der Waals surface area contributed by atoms with Crippen LogP contribution in [0.2, 0.25) is 0 Å². The average Bonchev–Trinajstić information content (AvgIpc) is 3.31. The van der Waals surface area contributed by atoms with E-state index in [9.17, 15) is 10.1 Å². The first kappa shape index (κ1) is 19.6. The summed E-state index contributed by atoms with van der Waals surface area (Å²) in [4.78, 5) is 12.9. The van der Waals surface area contributed by atoms with Gasteiger partial charge in [-0.2, -0.15) is 5.26 Å². The van der Waals surface area contributed by atoms with Crippen LogP contribution in [-0.4, -0.2) is 31.7 Å². The van der Waals surface area contributed by atoms with Crippen molar-refractivity contribution in [2.45, 2.75) is 25.2 Å². The number of ketones is 1. The third-order valence-corrected chi connectivity index (χ3v) is 5.42. The number of hydrogen-bond acceptors (Lipinski definition) is 6. The Labute approximate surface area is 174 Å². The van der Waals surface area contributed by atoms with E-state index in [2.05, 4.69) is 6.07 Å². The van der Waals surface area contributed by atoms with Crippen molar-refractivity contribution < 1.29 is 23.7 Å². The number of allylic oxidation sites excluding steroid dienone is 3. The molecule has 7 heteroatoms. The first-order valence-corrected chi connectivity index (χ1v) is 9.64. The second-order valence-electron chi connectivity index (χ2n) is 7.03. The minimum Gasteiger partial charge on any atom is -0.493 e. The topological polar surface area (TPSA) is 82.7 Å². The molecule has 154 valence electrons. The summed E-state index contributed by atoms with van der Waals surface area (Å²) in [5.74, 6) is 1.81. The van der Waals surface area contributed by atoms with Gasteiger partial charge in [-0.15, -0.1) is 0 Å². The highest BCUT2D eigenvalue weighted by Crippen LogP contribution is 2.49. The molecule has 0 fully saturated rings. The maximum Gasteiger partial charge on any atom is 0.218 e. The van der Waals surface area contributed by atoms with Gasteiger partial charge in [0.25, 0.3) is 0 Å². The number of aromatic nitrogens is 1. The van der Waals surface area contributed by atoms with Crippen molar-refractivity contribution >= 4 is 11.7 Å². The predicted molar refractivity (Wildman–Crippen MR) is 109 cm³/mol. The summed E-state index contributed by atoms with van der Waals surface area (Å²) < 4.78 is 24.3. The van der Waals surface area contributed by atoms with Crippen LogP contribution in [0.3, 0.4) is 0 Å². The molecule has 2 aromatic rings. The van der Waals surface area contributed by atoms with E-state index in [1.165, 1.54) is 21.3 Å². The molecule has 4 rings (SSSR count). The van der Waals surface area contributed by atoms with Crippen LogP contribution in [0.4, 0.5) is 0 Å². The number of ether oxygens (including phenoxy) is 4. The smallest absolute Gasteiger partial charge is 0.218 e. The normalized spacial score (nSPS) is 18.5. The molecule has 30 heavy (non-hydrogen) atoms. The second-order valence-corrected chi connectivity index (χ2v) is 7.03. The fourth-order valence-electron chi connectivity index (χ4n) is 4.08. The zero-order chi connectivity index (χ0) is 21.3. The monoisotopic (exact) mass is 406 g/mol. The number of carbonyl (C=O) groups is 1. The molecule has 0 bridgehead atoms. The predicted octanol–water partition coefficient (Wildman–Crippen LogP) is 4.03. The van der Waals surface area contributed by atoms with Gasteiger partial charge in [0.2, 0.25) is 11.6 Å². The molecule has 0 N–H and O–H groups in total. The van der Waals surface area contributed by atoms with Gasteiger partial charge in [-0.05, 0) is 36.2 Å². The van der Waals surface area contributed by atoms with Crippen LogP contribution in [0.25, 0.3) is 5.88 Å². The first-order valence-electron chi connectivity index (χ1n) is 9.64. The first-order chi connectivity index (χ1) is 14.6. The molecule has 0 amide bonds. The van der Waals surface area contributed by atoms with Gasteiger partial charge in [0.1, 0.15) is 17.4 Å². The van der Waals surface area contributed by atoms with Gasteiger partial charge in [0.05, 0.1) is 27.2 Å². The van der Waals surface area contributed by atoms with E-state index in [1.54, 1.807) is 16.7 Å². The zero-order valence-electron chi connectivity index (χ0n) is 17.1. The summed E-state index contributed by atoms with van der Waals surface area (Å²) in [6.07, 6.45) is 5.43. The van der Waals surface area contributed by atoms with Crippen molar-refractivity contribution in [1.82, 2.24) is 4.57 Å². The van der Waals surface area contributed by atoms with Crippen LogP contribution in [0.1, 0.15) is 30.7 Å².